The fourth-order valence-electron chi connectivity index (χ4n) is 3.42. The Kier molecular flexibility index (Phi) is 6.41. The number of halogens is 1. The smallest absolute Gasteiger partial charge is 0.233 e. The summed E-state index contributed by atoms with van der Waals surface area (Å²) in [5.41, 5.74) is 3.04. The van der Waals surface area contributed by atoms with Crippen LogP contribution in [-0.2, 0) is 4.79 Å². The van der Waals surface area contributed by atoms with Gasteiger partial charge in [0, 0.05) is 42.5 Å². The average molecular weight is 442 g/mol. The van der Waals surface area contributed by atoms with Crippen LogP contribution in [0.25, 0.3) is 17.1 Å². The average Bonchev–Trinajstić information content (AvgIpc) is 3.17. The van der Waals surface area contributed by atoms with Gasteiger partial charge in [0.2, 0.25) is 5.91 Å². The highest BCUT2D eigenvalue weighted by Crippen LogP contribution is 2.29. The normalized spacial score (nSPS) is 14.8. The van der Waals surface area contributed by atoms with E-state index in [-0.39, 0.29) is 5.91 Å². The standard InChI is InChI=1S/C22H24ClN5OS/c1-16-4-3-5-19(14-16)28-21(17-6-8-18(23)9-7-17)24-25-22(28)30-15-20(29)27-12-10-26(2)11-13-27/h3-9,14H,10-13,15H2,1-2H3. The first-order valence-corrected chi connectivity index (χ1v) is 11.2. The summed E-state index contributed by atoms with van der Waals surface area (Å²) in [4.78, 5) is 16.9. The van der Waals surface area contributed by atoms with Crippen LogP contribution < -0.4 is 0 Å². The van der Waals surface area contributed by atoms with Gasteiger partial charge in [0.05, 0.1) is 5.75 Å². The second kappa shape index (κ2) is 9.20. The largest absolute Gasteiger partial charge is 0.339 e. The molecule has 1 aliphatic heterocycles. The number of thioether (sulfide) groups is 1. The van der Waals surface area contributed by atoms with Crippen molar-refractivity contribution >= 4 is 29.3 Å². The summed E-state index contributed by atoms with van der Waals surface area (Å²) in [6.07, 6.45) is 0. The third kappa shape index (κ3) is 4.69. The quantitative estimate of drug-likeness (QED) is 0.564. The topological polar surface area (TPSA) is 54.3 Å². The van der Waals surface area contributed by atoms with E-state index in [4.69, 9.17) is 11.6 Å². The minimum Gasteiger partial charge on any atom is -0.339 e. The van der Waals surface area contributed by atoms with Gasteiger partial charge in [0.1, 0.15) is 0 Å². The Balaban J connectivity index is 1.61. The van der Waals surface area contributed by atoms with E-state index in [0.717, 1.165) is 48.8 Å². The van der Waals surface area contributed by atoms with Crippen molar-refractivity contribution in [2.45, 2.75) is 12.1 Å². The summed E-state index contributed by atoms with van der Waals surface area (Å²) in [5.74, 6) is 1.21. The third-order valence-electron chi connectivity index (χ3n) is 5.18. The summed E-state index contributed by atoms with van der Waals surface area (Å²) in [7, 11) is 2.08. The van der Waals surface area contributed by atoms with Gasteiger partial charge in [-0.05, 0) is 55.9 Å². The predicted octanol–water partition coefficient (Wildman–Crippen LogP) is 3.76. The number of carbonyl (C=O) groups excluding carboxylic acids is 1. The summed E-state index contributed by atoms with van der Waals surface area (Å²) in [6, 6.07) is 15.7. The lowest BCUT2D eigenvalue weighted by atomic mass is 10.2. The van der Waals surface area contributed by atoms with Gasteiger partial charge < -0.3 is 9.80 Å². The predicted molar refractivity (Wildman–Crippen MR) is 121 cm³/mol. The molecular weight excluding hydrogens is 418 g/mol. The highest BCUT2D eigenvalue weighted by molar-refractivity contribution is 7.99. The van der Waals surface area contributed by atoms with Crippen molar-refractivity contribution in [3.05, 3.63) is 59.1 Å². The van der Waals surface area contributed by atoms with Crippen LogP contribution in [0.4, 0.5) is 0 Å². The van der Waals surface area contributed by atoms with Crippen molar-refractivity contribution < 1.29 is 4.79 Å². The number of aromatic nitrogens is 3. The third-order valence-corrected chi connectivity index (χ3v) is 6.34. The zero-order chi connectivity index (χ0) is 21.1. The van der Waals surface area contributed by atoms with Gasteiger partial charge in [-0.25, -0.2) is 0 Å². The number of aryl methyl sites for hydroxylation is 1. The zero-order valence-corrected chi connectivity index (χ0v) is 18.7. The molecule has 1 saturated heterocycles. The van der Waals surface area contributed by atoms with Crippen molar-refractivity contribution in [2.24, 2.45) is 0 Å². The molecule has 6 nitrogen and oxygen atoms in total. The number of likely N-dealkylation sites (N-methyl/N-ethyl adjacent to an activating group) is 1. The molecule has 1 amide bonds. The lowest BCUT2D eigenvalue weighted by Gasteiger charge is -2.32. The van der Waals surface area contributed by atoms with E-state index in [0.29, 0.717) is 15.9 Å². The second-order valence-corrected chi connectivity index (χ2v) is 8.84. The highest BCUT2D eigenvalue weighted by Gasteiger charge is 2.22. The van der Waals surface area contributed by atoms with Gasteiger partial charge in [-0.1, -0.05) is 35.5 Å². The monoisotopic (exact) mass is 441 g/mol. The van der Waals surface area contributed by atoms with Crippen LogP contribution in [0, 0.1) is 6.92 Å². The molecule has 8 heteroatoms. The number of carbonyl (C=O) groups is 1. The molecule has 4 rings (SSSR count). The van der Waals surface area contributed by atoms with Gasteiger partial charge >= 0.3 is 0 Å². The molecule has 0 atom stereocenters. The molecule has 0 saturated carbocycles. The maximum absolute atomic E-state index is 12.7. The highest BCUT2D eigenvalue weighted by atomic mass is 35.5. The van der Waals surface area contributed by atoms with Gasteiger partial charge in [-0.15, -0.1) is 10.2 Å². The lowest BCUT2D eigenvalue weighted by Crippen LogP contribution is -2.47. The molecule has 0 radical (unpaired) electrons. The van der Waals surface area contributed by atoms with E-state index in [9.17, 15) is 4.79 Å². The van der Waals surface area contributed by atoms with Crippen molar-refractivity contribution in [1.82, 2.24) is 24.6 Å². The van der Waals surface area contributed by atoms with Crippen LogP contribution in [0.5, 0.6) is 0 Å². The van der Waals surface area contributed by atoms with Gasteiger partial charge in [0.25, 0.3) is 0 Å². The molecule has 30 heavy (non-hydrogen) atoms. The fraction of sp³-hybridized carbons (Fsp3) is 0.318. The number of amides is 1. The van der Waals surface area contributed by atoms with Gasteiger partial charge in [-0.2, -0.15) is 0 Å². The first-order chi connectivity index (χ1) is 14.5. The van der Waals surface area contributed by atoms with Crippen molar-refractivity contribution in [3.63, 3.8) is 0 Å². The zero-order valence-electron chi connectivity index (χ0n) is 17.1. The number of benzene rings is 2. The van der Waals surface area contributed by atoms with E-state index >= 15 is 0 Å². The summed E-state index contributed by atoms with van der Waals surface area (Å²) < 4.78 is 2.01. The van der Waals surface area contributed by atoms with Crippen LogP contribution in [-0.4, -0.2) is 69.5 Å². The molecule has 0 aliphatic carbocycles. The SMILES string of the molecule is Cc1cccc(-n2c(SCC(=O)N3CCN(C)CC3)nnc2-c2ccc(Cl)cc2)c1. The molecular formula is C22H24ClN5OS. The molecule has 3 aromatic rings. The molecule has 2 heterocycles. The number of piperazine rings is 1. The van der Waals surface area contributed by atoms with Gasteiger partial charge in [0.15, 0.2) is 11.0 Å². The molecule has 1 aromatic heterocycles. The molecule has 0 N–H and O–H groups in total. The fourth-order valence-corrected chi connectivity index (χ4v) is 4.40. The maximum Gasteiger partial charge on any atom is 0.233 e. The van der Waals surface area contributed by atoms with Crippen LogP contribution in [0.2, 0.25) is 5.02 Å². The van der Waals surface area contributed by atoms with E-state index in [1.165, 1.54) is 11.8 Å². The van der Waals surface area contributed by atoms with Crippen LogP contribution >= 0.6 is 23.4 Å². The molecule has 2 aromatic carbocycles. The molecule has 1 aliphatic rings. The van der Waals surface area contributed by atoms with Gasteiger partial charge in [-0.3, -0.25) is 9.36 Å². The van der Waals surface area contributed by atoms with Crippen LogP contribution in [0.3, 0.4) is 0 Å². The molecule has 0 bridgehead atoms. The molecule has 156 valence electrons. The number of hydrogen-bond donors (Lipinski definition) is 0. The minimum atomic E-state index is 0.139. The number of nitrogens with zero attached hydrogens (tertiary/aromatic N) is 5. The van der Waals surface area contributed by atoms with Crippen LogP contribution in [0.15, 0.2) is 53.7 Å². The van der Waals surface area contributed by atoms with Crippen molar-refractivity contribution in [3.8, 4) is 17.1 Å². The number of rotatable bonds is 5. The van der Waals surface area contributed by atoms with E-state index < -0.39 is 0 Å². The Labute approximate surface area is 185 Å². The van der Waals surface area contributed by atoms with E-state index in [2.05, 4.69) is 41.2 Å². The summed E-state index contributed by atoms with van der Waals surface area (Å²) in [6.45, 7) is 5.43. The summed E-state index contributed by atoms with van der Waals surface area (Å²) >= 11 is 7.48. The Morgan fingerprint density at radius 3 is 2.50 bits per heavy atom. The Bertz CT molecular complexity index is 1030. The van der Waals surface area contributed by atoms with Crippen molar-refractivity contribution in [1.29, 1.82) is 0 Å². The molecule has 0 unspecified atom stereocenters. The van der Waals surface area contributed by atoms with E-state index in [1.807, 2.05) is 45.9 Å². The lowest BCUT2D eigenvalue weighted by molar-refractivity contribution is -0.129. The Morgan fingerprint density at radius 2 is 1.80 bits per heavy atom. The summed E-state index contributed by atoms with van der Waals surface area (Å²) in [5, 5.41) is 10.2. The Morgan fingerprint density at radius 1 is 1.07 bits per heavy atom. The number of hydrogen-bond acceptors (Lipinski definition) is 5. The van der Waals surface area contributed by atoms with Crippen molar-refractivity contribution in [2.75, 3.05) is 39.0 Å². The first kappa shape index (κ1) is 20.9. The molecule has 1 fully saturated rings. The van der Waals surface area contributed by atoms with E-state index in [1.54, 1.807) is 0 Å². The minimum absolute atomic E-state index is 0.139. The molecule has 0 spiro atoms. The second-order valence-electron chi connectivity index (χ2n) is 7.46. The van der Waals surface area contributed by atoms with Crippen LogP contribution in [0.1, 0.15) is 5.56 Å². The maximum atomic E-state index is 12.7. The first-order valence-electron chi connectivity index (χ1n) is 9.89. The Hall–Kier alpha value is -2.35.